The Hall–Kier alpha value is -18.5. The van der Waals surface area contributed by atoms with E-state index in [9.17, 15) is 58.8 Å². The summed E-state index contributed by atoms with van der Waals surface area (Å²) in [4.78, 5) is 117. The second kappa shape index (κ2) is 44.2. The number of aryl methyl sites for hydroxylation is 4. The highest BCUT2D eigenvalue weighted by molar-refractivity contribution is 6.54. The number of benzene rings is 8. The first-order chi connectivity index (χ1) is 71.3. The van der Waals surface area contributed by atoms with E-state index in [1.165, 1.54) is 19.6 Å². The van der Waals surface area contributed by atoms with Crippen molar-refractivity contribution in [3.63, 3.8) is 0 Å². The maximum atomic E-state index is 13.3. The molecule has 12 heterocycles. The van der Waals surface area contributed by atoms with Crippen molar-refractivity contribution in [3.8, 4) is 0 Å². The molecule has 0 aliphatic carbocycles. The minimum atomic E-state index is -0.876. The van der Waals surface area contributed by atoms with E-state index in [0.29, 0.717) is 117 Å². The molecule has 148 heavy (non-hydrogen) atoms. The van der Waals surface area contributed by atoms with E-state index >= 15 is 0 Å². The number of ketones is 4. The summed E-state index contributed by atoms with van der Waals surface area (Å²) in [6.07, 6.45) is 15.5. The number of imidazole rings is 1. The summed E-state index contributed by atoms with van der Waals surface area (Å²) in [7, 11) is 0. The van der Waals surface area contributed by atoms with Crippen molar-refractivity contribution in [3.05, 3.63) is 439 Å². The van der Waals surface area contributed by atoms with Gasteiger partial charge in [0.1, 0.15) is 23.0 Å². The Morgan fingerprint density at radius 2 is 0.568 bits per heavy atom. The summed E-state index contributed by atoms with van der Waals surface area (Å²) >= 11 is 0. The van der Waals surface area contributed by atoms with Gasteiger partial charge in [-0.1, -0.05) is 255 Å². The van der Waals surface area contributed by atoms with Crippen LogP contribution >= 0.6 is 0 Å². The average Bonchev–Trinajstić information content (AvgIpc) is 1.61. The van der Waals surface area contributed by atoms with E-state index in [-0.39, 0.29) is 68.6 Å². The number of aliphatic hydroxyl groups is 4. The number of carbonyl (C=O) groups excluding carboxylic acids is 8. The van der Waals surface area contributed by atoms with Crippen LogP contribution in [0.2, 0.25) is 0 Å². The summed E-state index contributed by atoms with van der Waals surface area (Å²) in [6, 6.07) is 71.5. The summed E-state index contributed by atoms with van der Waals surface area (Å²) in [5.74, 6) is -4.80. The molecule has 0 saturated carbocycles. The first-order valence-corrected chi connectivity index (χ1v) is 48.2. The van der Waals surface area contributed by atoms with Crippen LogP contribution in [0.5, 0.6) is 0 Å². The Balaban J connectivity index is 0.000000135. The summed E-state index contributed by atoms with van der Waals surface area (Å²) in [5.41, 5.74) is 15.7. The molecule has 744 valence electrons. The maximum absolute atomic E-state index is 13.3. The maximum Gasteiger partial charge on any atom is 0.301 e. The Morgan fingerprint density at radius 3 is 0.811 bits per heavy atom. The molecule has 4 unspecified atom stereocenters. The summed E-state index contributed by atoms with van der Waals surface area (Å²) < 4.78 is 5.46. The monoisotopic (exact) mass is 1970 g/mol. The number of Topliss-reactive ketones (excluding diaryl/α,β-unsaturated/α-hetero) is 4. The van der Waals surface area contributed by atoms with Gasteiger partial charge < -0.3 is 25.0 Å². The minimum absolute atomic E-state index is 0.00571. The molecule has 16 aromatic rings. The molecule has 4 fully saturated rings. The molecular weight excluding hydrogens is 1870 g/mol. The molecule has 34 heteroatoms. The Bertz CT molecular complexity index is 6740. The van der Waals surface area contributed by atoms with Crippen molar-refractivity contribution in [2.24, 2.45) is 0 Å². The number of amides is 4. The molecule has 8 aromatic carbocycles. The van der Waals surface area contributed by atoms with Crippen molar-refractivity contribution in [1.82, 2.24) is 90.1 Å². The molecule has 4 aliphatic heterocycles. The highest BCUT2D eigenvalue weighted by Gasteiger charge is 2.52. The molecule has 34 nitrogen and oxygen atoms in total. The van der Waals surface area contributed by atoms with Gasteiger partial charge in [0.05, 0.1) is 114 Å². The molecule has 4 amide bonds. The average molecular weight is 1980 g/mol. The van der Waals surface area contributed by atoms with E-state index in [0.717, 1.165) is 44.5 Å². The molecule has 4 saturated heterocycles. The molecule has 4 N–H and O–H groups in total. The number of anilines is 4. The third-order valence-electron chi connectivity index (χ3n) is 25.9. The van der Waals surface area contributed by atoms with Crippen LogP contribution in [-0.4, -0.2) is 157 Å². The lowest BCUT2D eigenvalue weighted by Crippen LogP contribution is -2.30. The first-order valence-electron chi connectivity index (χ1n) is 48.2. The predicted molar refractivity (Wildman–Crippen MR) is 555 cm³/mol. The largest absolute Gasteiger partial charge is 0.507 e. The van der Waals surface area contributed by atoms with Gasteiger partial charge in [-0.15, -0.1) is 25.5 Å². The van der Waals surface area contributed by atoms with Crippen LogP contribution in [0.1, 0.15) is 215 Å². The molecule has 0 radical (unpaired) electrons. The number of aliphatic hydroxyl groups excluding tert-OH is 4. The van der Waals surface area contributed by atoms with Gasteiger partial charge in [-0.05, 0) is 173 Å². The standard InChI is InChI=1S/2C29H27N5O3.2C28H26N6O3/c1-18(2)21-10-12-23(13-11-21)27(35)25-26(22-8-6-20(7-9-22)17-33-16-4-15-30-33)34(29(37)28(25)36)24-14-5-19(3)31-32-24;1-18(2)21-9-11-23(12-10-21)27(35)25-26(22-7-5-20(6-8-22)16-33-15-14-30-17-33)34(29(37)28(25)36)24-13-4-19(3)31-32-24;1-17(2)20-9-11-22(12-10-20)26(35)24-25(21-7-5-19(6-8-21)16-33-15-14-29-32-33)34(28(37)27(24)36)23-13-4-18(3)30-31-23;1-17(2)20-9-11-22(12-10-20)26(35)24-25(21-7-5-19(6-8-21)16-33-29-14-15-30-33)34(28(37)27(24)36)23-13-4-18(3)31-32-23/h4-16,18,26,35H,17H2,1-3H3;4-15,17-18,26,35H,16H2,1-3H3;2*4-15,17,25,35H,16H2,1-3H3. The van der Waals surface area contributed by atoms with Gasteiger partial charge in [0, 0.05) is 59.8 Å². The van der Waals surface area contributed by atoms with Gasteiger partial charge in [-0.2, -0.15) is 40.5 Å². The zero-order valence-electron chi connectivity index (χ0n) is 83.2. The number of hydrogen-bond donors (Lipinski definition) is 4. The lowest BCUT2D eigenvalue weighted by Gasteiger charge is -2.24. The fourth-order valence-electron chi connectivity index (χ4n) is 17.7. The molecule has 20 rings (SSSR count). The fraction of sp³-hybridized carbons (Fsp3) is 0.211. The van der Waals surface area contributed by atoms with Gasteiger partial charge in [-0.3, -0.25) is 62.6 Å². The van der Waals surface area contributed by atoms with Gasteiger partial charge >= 0.3 is 23.6 Å². The number of hydrogen-bond acceptors (Lipinski definition) is 26. The van der Waals surface area contributed by atoms with E-state index in [1.54, 1.807) is 178 Å². The molecule has 4 aliphatic rings. The van der Waals surface area contributed by atoms with Crippen molar-refractivity contribution in [1.29, 1.82) is 0 Å². The number of nitrogens with zero attached hydrogens (tertiary/aromatic N) is 22. The molecule has 8 aromatic heterocycles. The number of aromatic nitrogens is 18. The number of carbonyl (C=O) groups is 8. The Labute approximate surface area is 852 Å². The van der Waals surface area contributed by atoms with Crippen molar-refractivity contribution >= 4 is 93.1 Å². The highest BCUT2D eigenvalue weighted by Crippen LogP contribution is 2.48. The third-order valence-corrected chi connectivity index (χ3v) is 25.9. The number of rotatable bonds is 24. The van der Waals surface area contributed by atoms with Gasteiger partial charge in [0.2, 0.25) is 0 Å². The third kappa shape index (κ3) is 21.9. The van der Waals surface area contributed by atoms with Crippen LogP contribution in [0.15, 0.2) is 327 Å². The second-order valence-electron chi connectivity index (χ2n) is 37.5. The second-order valence-corrected chi connectivity index (χ2v) is 37.5. The van der Waals surface area contributed by atoms with E-state index in [4.69, 9.17) is 0 Å². The van der Waals surface area contributed by atoms with Gasteiger partial charge in [0.25, 0.3) is 23.1 Å². The SMILES string of the molecule is Cc1ccc(N2C(=O)C(=O)C(=C(O)c3ccc(C(C)C)cc3)C2c2ccc(Cn3cccn3)cc2)nn1.Cc1ccc(N2C(=O)C(=O)C(=C(O)c3ccc(C(C)C)cc3)C2c2ccc(Cn3ccnc3)cc2)nn1.Cc1ccc(N2C(=O)C(=O)C(=C(O)c3ccc(C(C)C)cc3)C2c2ccc(Cn3ccnn3)cc2)nn1.Cc1ccc(N2C(=O)C(=O)C(=C(O)c3ccc(C(C)C)cc3)C2c2ccc(Cn3nccn3)cc2)nn1. The van der Waals surface area contributed by atoms with Crippen LogP contribution < -0.4 is 19.6 Å². The first kappa shape index (κ1) is 101. The summed E-state index contributed by atoms with van der Waals surface area (Å²) in [5, 5.41) is 98.6. The van der Waals surface area contributed by atoms with Crippen LogP contribution in [0.25, 0.3) is 23.0 Å². The zero-order chi connectivity index (χ0) is 104. The normalized spacial score (nSPS) is 17.1. The topological polar surface area (TPSA) is 431 Å². The Kier molecular flexibility index (Phi) is 30.1. The van der Waals surface area contributed by atoms with Crippen LogP contribution in [-0.2, 0) is 64.5 Å². The summed E-state index contributed by atoms with van der Waals surface area (Å²) in [6.45, 7) is 26.0. The van der Waals surface area contributed by atoms with E-state index < -0.39 is 70.9 Å². The van der Waals surface area contributed by atoms with E-state index in [2.05, 4.69) is 127 Å². The smallest absolute Gasteiger partial charge is 0.301 e. The predicted octanol–water partition coefficient (Wildman–Crippen LogP) is 17.9. The van der Waals surface area contributed by atoms with Crippen LogP contribution in [0.4, 0.5) is 23.3 Å². The fourth-order valence-corrected chi connectivity index (χ4v) is 17.7. The van der Waals surface area contributed by atoms with Crippen LogP contribution in [0, 0.1) is 27.7 Å². The quantitative estimate of drug-likeness (QED) is 0.0248. The van der Waals surface area contributed by atoms with Gasteiger partial charge in [-0.25, -0.2) is 9.67 Å². The zero-order valence-corrected chi connectivity index (χ0v) is 83.2. The van der Waals surface area contributed by atoms with Crippen LogP contribution in [0.3, 0.4) is 0 Å². The Morgan fingerprint density at radius 1 is 0.284 bits per heavy atom. The highest BCUT2D eigenvalue weighted by atomic mass is 16.3. The molecule has 0 spiro atoms. The molecule has 4 atom stereocenters. The van der Waals surface area contributed by atoms with Crippen molar-refractivity contribution in [2.45, 2.75) is 157 Å². The lowest BCUT2D eigenvalue weighted by atomic mass is 9.93. The minimum Gasteiger partial charge on any atom is -0.507 e. The van der Waals surface area contributed by atoms with E-state index in [1.807, 2.05) is 173 Å². The van der Waals surface area contributed by atoms with Gasteiger partial charge in [0.15, 0.2) is 23.3 Å². The van der Waals surface area contributed by atoms with Crippen molar-refractivity contribution in [2.75, 3.05) is 19.6 Å². The van der Waals surface area contributed by atoms with Crippen molar-refractivity contribution < 1.29 is 58.8 Å². The molecular formula is C114H106N22O12. The lowest BCUT2D eigenvalue weighted by molar-refractivity contribution is -0.132. The molecule has 0 bridgehead atoms.